The van der Waals surface area contributed by atoms with Gasteiger partial charge in [-0.1, -0.05) is 0 Å². The smallest absolute Gasteiger partial charge is 0.187 e. The number of nitrogens with one attached hydrogen (secondary N) is 1. The monoisotopic (exact) mass is 371 g/mol. The number of carbonyl (C=O) groups excluding carboxylic acids is 1. The van der Waals surface area contributed by atoms with Crippen LogP contribution in [0.3, 0.4) is 0 Å². The molecule has 0 aromatic heterocycles. The highest BCUT2D eigenvalue weighted by atomic mass is 16.5. The maximum atomic E-state index is 12.4. The summed E-state index contributed by atoms with van der Waals surface area (Å²) in [6.45, 7) is 4.94. The van der Waals surface area contributed by atoms with Crippen LogP contribution in [0.5, 0.6) is 23.0 Å². The van der Waals surface area contributed by atoms with Crippen molar-refractivity contribution in [3.8, 4) is 23.0 Å². The van der Waals surface area contributed by atoms with Gasteiger partial charge in [0.25, 0.3) is 0 Å². The zero-order valence-electron chi connectivity index (χ0n) is 16.1. The number of anilines is 1. The van der Waals surface area contributed by atoms with Crippen LogP contribution in [0, 0.1) is 0 Å². The van der Waals surface area contributed by atoms with Gasteiger partial charge < -0.3 is 24.3 Å². The Bertz CT molecular complexity index is 801. The molecule has 0 aliphatic carbocycles. The molecule has 0 atom stereocenters. The van der Waals surface area contributed by atoms with E-state index in [1.165, 1.54) is 13.2 Å². The molecule has 1 N–H and O–H groups in total. The van der Waals surface area contributed by atoms with Crippen molar-refractivity contribution < 1.29 is 23.7 Å². The molecule has 0 heterocycles. The van der Waals surface area contributed by atoms with Crippen LogP contribution < -0.4 is 24.3 Å². The van der Waals surface area contributed by atoms with Gasteiger partial charge in [0.2, 0.25) is 0 Å². The quantitative estimate of drug-likeness (QED) is 0.496. The lowest BCUT2D eigenvalue weighted by atomic mass is 10.1. The average molecular weight is 371 g/mol. The fourth-order valence-corrected chi connectivity index (χ4v) is 2.45. The standard InChI is InChI=1S/C21H25NO5/c1-5-26-16-8-10-19(27-6-2)17(14-16)22-12-11-18(23)15-7-9-20(24-3)21(13-15)25-4/h7-14,22H,5-6H2,1-4H3. The summed E-state index contributed by atoms with van der Waals surface area (Å²) in [4.78, 5) is 12.4. The van der Waals surface area contributed by atoms with Gasteiger partial charge in [-0.3, -0.25) is 4.79 Å². The molecule has 0 unspecified atom stereocenters. The fraction of sp³-hybridized carbons (Fsp3) is 0.286. The molecule has 6 heteroatoms. The second-order valence-electron chi connectivity index (χ2n) is 5.44. The third-order valence-electron chi connectivity index (χ3n) is 3.70. The molecule has 0 bridgehead atoms. The highest BCUT2D eigenvalue weighted by molar-refractivity contribution is 6.05. The van der Waals surface area contributed by atoms with E-state index < -0.39 is 0 Å². The Morgan fingerprint density at radius 3 is 2.30 bits per heavy atom. The van der Waals surface area contributed by atoms with E-state index >= 15 is 0 Å². The normalized spacial score (nSPS) is 10.5. The third kappa shape index (κ3) is 5.41. The van der Waals surface area contributed by atoms with Gasteiger partial charge in [0.15, 0.2) is 17.3 Å². The molecule has 0 amide bonds. The van der Waals surface area contributed by atoms with E-state index in [0.29, 0.717) is 36.0 Å². The van der Waals surface area contributed by atoms with Crippen LogP contribution in [0.2, 0.25) is 0 Å². The van der Waals surface area contributed by atoms with Crippen molar-refractivity contribution in [2.45, 2.75) is 13.8 Å². The summed E-state index contributed by atoms with van der Waals surface area (Å²) >= 11 is 0. The van der Waals surface area contributed by atoms with Crippen LogP contribution in [-0.4, -0.2) is 33.2 Å². The summed E-state index contributed by atoms with van der Waals surface area (Å²) in [5, 5.41) is 3.09. The first kappa shape index (κ1) is 20.2. The molecule has 0 spiro atoms. The Labute approximate surface area is 159 Å². The lowest BCUT2D eigenvalue weighted by Gasteiger charge is -2.12. The molecule has 2 rings (SSSR count). The Kier molecular flexibility index (Phi) is 7.55. The molecular weight excluding hydrogens is 346 g/mol. The maximum absolute atomic E-state index is 12.4. The molecule has 0 saturated carbocycles. The molecule has 2 aromatic rings. The van der Waals surface area contributed by atoms with E-state index in [-0.39, 0.29) is 5.78 Å². The van der Waals surface area contributed by atoms with E-state index in [4.69, 9.17) is 18.9 Å². The Hall–Kier alpha value is -3.15. The number of rotatable bonds is 10. The molecule has 2 aromatic carbocycles. The first-order valence-electron chi connectivity index (χ1n) is 8.72. The summed E-state index contributed by atoms with van der Waals surface area (Å²) in [5.74, 6) is 2.33. The first-order valence-corrected chi connectivity index (χ1v) is 8.72. The molecule has 0 saturated heterocycles. The van der Waals surface area contributed by atoms with Gasteiger partial charge in [-0.15, -0.1) is 0 Å². The molecule has 27 heavy (non-hydrogen) atoms. The number of hydrogen-bond acceptors (Lipinski definition) is 6. The lowest BCUT2D eigenvalue weighted by Crippen LogP contribution is -2.01. The minimum absolute atomic E-state index is 0.164. The van der Waals surface area contributed by atoms with Crippen LogP contribution in [-0.2, 0) is 0 Å². The molecular formula is C21H25NO5. The van der Waals surface area contributed by atoms with E-state index in [0.717, 1.165) is 11.4 Å². The first-order chi connectivity index (χ1) is 13.1. The van der Waals surface area contributed by atoms with Gasteiger partial charge in [0, 0.05) is 23.9 Å². The van der Waals surface area contributed by atoms with Crippen LogP contribution in [0.4, 0.5) is 5.69 Å². The van der Waals surface area contributed by atoms with Gasteiger partial charge in [0.1, 0.15) is 11.5 Å². The topological polar surface area (TPSA) is 66.0 Å². The predicted octanol–water partition coefficient (Wildman–Crippen LogP) is 4.31. The average Bonchev–Trinajstić information content (AvgIpc) is 2.69. The summed E-state index contributed by atoms with van der Waals surface area (Å²) in [7, 11) is 3.08. The van der Waals surface area contributed by atoms with Crippen LogP contribution in [0.1, 0.15) is 24.2 Å². The predicted molar refractivity (Wildman–Crippen MR) is 105 cm³/mol. The van der Waals surface area contributed by atoms with Crippen molar-refractivity contribution in [1.29, 1.82) is 0 Å². The van der Waals surface area contributed by atoms with Crippen molar-refractivity contribution >= 4 is 11.5 Å². The summed E-state index contributed by atoms with van der Waals surface area (Å²) in [6, 6.07) is 10.5. The number of methoxy groups -OCH3 is 2. The third-order valence-corrected chi connectivity index (χ3v) is 3.70. The van der Waals surface area contributed by atoms with Crippen molar-refractivity contribution in [3.05, 3.63) is 54.2 Å². The summed E-state index contributed by atoms with van der Waals surface area (Å²) < 4.78 is 21.5. The van der Waals surface area contributed by atoms with Gasteiger partial charge in [-0.05, 0) is 44.2 Å². The highest BCUT2D eigenvalue weighted by Gasteiger charge is 2.09. The second kappa shape index (κ2) is 10.1. The molecule has 0 fully saturated rings. The van der Waals surface area contributed by atoms with Gasteiger partial charge in [-0.2, -0.15) is 0 Å². The maximum Gasteiger partial charge on any atom is 0.187 e. The van der Waals surface area contributed by atoms with E-state index in [2.05, 4.69) is 5.32 Å². The number of carbonyl (C=O) groups is 1. The molecule has 6 nitrogen and oxygen atoms in total. The zero-order valence-corrected chi connectivity index (χ0v) is 16.1. The van der Waals surface area contributed by atoms with Crippen molar-refractivity contribution in [1.82, 2.24) is 0 Å². The van der Waals surface area contributed by atoms with Gasteiger partial charge in [0.05, 0.1) is 33.1 Å². The summed E-state index contributed by atoms with van der Waals surface area (Å²) in [6.07, 6.45) is 3.02. The Morgan fingerprint density at radius 1 is 0.926 bits per heavy atom. The van der Waals surface area contributed by atoms with Gasteiger partial charge >= 0.3 is 0 Å². The Morgan fingerprint density at radius 2 is 1.63 bits per heavy atom. The minimum Gasteiger partial charge on any atom is -0.494 e. The molecule has 144 valence electrons. The largest absolute Gasteiger partial charge is 0.494 e. The fourth-order valence-electron chi connectivity index (χ4n) is 2.45. The summed E-state index contributed by atoms with van der Waals surface area (Å²) in [5.41, 5.74) is 1.22. The van der Waals surface area contributed by atoms with Crippen LogP contribution in [0.15, 0.2) is 48.7 Å². The number of hydrogen-bond donors (Lipinski definition) is 1. The Balaban J connectivity index is 2.14. The molecule has 0 aliphatic rings. The molecule has 0 radical (unpaired) electrons. The molecule has 0 aliphatic heterocycles. The van der Waals surface area contributed by atoms with Gasteiger partial charge in [-0.25, -0.2) is 0 Å². The van der Waals surface area contributed by atoms with E-state index in [1.807, 2.05) is 32.0 Å². The second-order valence-corrected chi connectivity index (χ2v) is 5.44. The van der Waals surface area contributed by atoms with Crippen molar-refractivity contribution in [3.63, 3.8) is 0 Å². The lowest BCUT2D eigenvalue weighted by molar-refractivity contribution is 0.104. The number of ketones is 1. The number of ether oxygens (including phenoxy) is 4. The van der Waals surface area contributed by atoms with Crippen LogP contribution in [0.25, 0.3) is 0 Å². The number of allylic oxidation sites excluding steroid dienone is 1. The minimum atomic E-state index is -0.164. The highest BCUT2D eigenvalue weighted by Crippen LogP contribution is 2.30. The number of benzene rings is 2. The SMILES string of the molecule is CCOc1ccc(OCC)c(NC=CC(=O)c2ccc(OC)c(OC)c2)c1. The van der Waals surface area contributed by atoms with Crippen molar-refractivity contribution in [2.24, 2.45) is 0 Å². The van der Waals surface area contributed by atoms with Crippen molar-refractivity contribution in [2.75, 3.05) is 32.8 Å². The van der Waals surface area contributed by atoms with Crippen LogP contribution >= 0.6 is 0 Å². The van der Waals surface area contributed by atoms with E-state index in [9.17, 15) is 4.79 Å². The van der Waals surface area contributed by atoms with E-state index in [1.54, 1.807) is 31.5 Å². The zero-order chi connectivity index (χ0) is 19.6.